The largest absolute Gasteiger partial charge is 0.350 e. The lowest BCUT2D eigenvalue weighted by atomic mass is 9.99. The zero-order valence-electron chi connectivity index (χ0n) is 15.2. The first-order valence-electron chi connectivity index (χ1n) is 9.47. The van der Waals surface area contributed by atoms with Gasteiger partial charge in [0.2, 0.25) is 0 Å². The van der Waals surface area contributed by atoms with Gasteiger partial charge in [0.1, 0.15) is 5.82 Å². The normalized spacial score (nSPS) is 17.7. The molecule has 0 N–H and O–H groups in total. The van der Waals surface area contributed by atoms with E-state index < -0.39 is 0 Å². The van der Waals surface area contributed by atoms with Crippen LogP contribution >= 0.6 is 0 Å². The monoisotopic (exact) mass is 348 g/mol. The van der Waals surface area contributed by atoms with Gasteiger partial charge in [0.15, 0.2) is 0 Å². The summed E-state index contributed by atoms with van der Waals surface area (Å²) in [4.78, 5) is 2.54. The van der Waals surface area contributed by atoms with Crippen LogP contribution < -0.4 is 0 Å². The van der Waals surface area contributed by atoms with Gasteiger partial charge >= 0.3 is 0 Å². The highest BCUT2D eigenvalue weighted by Gasteiger charge is 2.27. The van der Waals surface area contributed by atoms with Gasteiger partial charge in [-0.1, -0.05) is 43.3 Å². The van der Waals surface area contributed by atoms with Crippen LogP contribution in [0.2, 0.25) is 0 Å². The van der Waals surface area contributed by atoms with E-state index in [1.165, 1.54) is 16.8 Å². The SMILES string of the molecule is CCc1ccccc1CN1CCCn2cccc2[C@H]1c1ccc(F)cc1. The van der Waals surface area contributed by atoms with Crippen molar-refractivity contribution in [3.63, 3.8) is 0 Å². The summed E-state index contributed by atoms with van der Waals surface area (Å²) in [5.41, 5.74) is 5.25. The van der Waals surface area contributed by atoms with E-state index in [0.717, 1.165) is 38.0 Å². The van der Waals surface area contributed by atoms with Gasteiger partial charge in [-0.25, -0.2) is 4.39 Å². The first-order chi connectivity index (χ1) is 12.8. The number of aryl methyl sites for hydroxylation is 2. The van der Waals surface area contributed by atoms with Crippen molar-refractivity contribution in [2.45, 2.75) is 38.9 Å². The fourth-order valence-electron chi connectivity index (χ4n) is 4.11. The fraction of sp³-hybridized carbons (Fsp3) is 0.304. The Morgan fingerprint density at radius 3 is 2.46 bits per heavy atom. The first-order valence-corrected chi connectivity index (χ1v) is 9.47. The van der Waals surface area contributed by atoms with Crippen molar-refractivity contribution in [1.82, 2.24) is 9.47 Å². The average molecular weight is 348 g/mol. The van der Waals surface area contributed by atoms with Gasteiger partial charge in [0.25, 0.3) is 0 Å². The standard InChI is InChI=1S/C23H25FN2/c1-2-18-7-3-4-8-20(18)17-26-16-6-15-25-14-5-9-22(25)23(26)19-10-12-21(24)13-11-19/h3-5,7-14,23H,2,6,15-17H2,1H3/t23-/m1/s1. The molecule has 4 rings (SSSR count). The van der Waals surface area contributed by atoms with Crippen LogP contribution in [0.1, 0.15) is 41.8 Å². The first kappa shape index (κ1) is 17.0. The number of halogens is 1. The molecule has 0 unspecified atom stereocenters. The lowest BCUT2D eigenvalue weighted by Gasteiger charge is -2.31. The maximum atomic E-state index is 13.5. The van der Waals surface area contributed by atoms with Crippen LogP contribution in [0, 0.1) is 5.82 Å². The molecule has 1 aromatic heterocycles. The van der Waals surface area contributed by atoms with Gasteiger partial charge in [0.05, 0.1) is 6.04 Å². The molecule has 0 bridgehead atoms. The molecule has 3 aromatic rings. The number of rotatable bonds is 4. The second kappa shape index (κ2) is 7.46. The number of hydrogen-bond donors (Lipinski definition) is 0. The van der Waals surface area contributed by atoms with Crippen LogP contribution in [0.5, 0.6) is 0 Å². The van der Waals surface area contributed by atoms with Crippen molar-refractivity contribution >= 4 is 0 Å². The summed E-state index contributed by atoms with van der Waals surface area (Å²) in [7, 11) is 0. The fourth-order valence-corrected chi connectivity index (χ4v) is 4.11. The van der Waals surface area contributed by atoms with Gasteiger partial charge in [-0.05, 0) is 53.8 Å². The molecule has 26 heavy (non-hydrogen) atoms. The maximum absolute atomic E-state index is 13.5. The van der Waals surface area contributed by atoms with E-state index in [0.29, 0.717) is 0 Å². The Morgan fingerprint density at radius 1 is 0.923 bits per heavy atom. The highest BCUT2D eigenvalue weighted by atomic mass is 19.1. The van der Waals surface area contributed by atoms with Crippen molar-refractivity contribution < 1.29 is 4.39 Å². The van der Waals surface area contributed by atoms with Gasteiger partial charge in [0, 0.05) is 31.5 Å². The van der Waals surface area contributed by atoms with E-state index in [1.807, 2.05) is 12.1 Å². The summed E-state index contributed by atoms with van der Waals surface area (Å²) in [6.07, 6.45) is 4.32. The molecule has 0 spiro atoms. The predicted molar refractivity (Wildman–Crippen MR) is 104 cm³/mol. The van der Waals surface area contributed by atoms with E-state index in [2.05, 4.69) is 59.0 Å². The zero-order chi connectivity index (χ0) is 17.9. The molecule has 0 aliphatic carbocycles. The van der Waals surface area contributed by atoms with E-state index in [-0.39, 0.29) is 11.9 Å². The Hall–Kier alpha value is -2.39. The highest BCUT2D eigenvalue weighted by molar-refractivity contribution is 5.32. The average Bonchev–Trinajstić information content (AvgIpc) is 3.05. The van der Waals surface area contributed by atoms with E-state index in [1.54, 1.807) is 12.1 Å². The lowest BCUT2D eigenvalue weighted by molar-refractivity contribution is 0.219. The lowest BCUT2D eigenvalue weighted by Crippen LogP contribution is -2.30. The second-order valence-electron chi connectivity index (χ2n) is 7.03. The number of nitrogens with zero attached hydrogens (tertiary/aromatic N) is 2. The summed E-state index contributed by atoms with van der Waals surface area (Å²) in [5, 5.41) is 0. The van der Waals surface area contributed by atoms with Crippen molar-refractivity contribution in [3.05, 3.63) is 95.1 Å². The van der Waals surface area contributed by atoms with Crippen molar-refractivity contribution in [2.75, 3.05) is 6.54 Å². The molecule has 1 aliphatic rings. The number of hydrogen-bond acceptors (Lipinski definition) is 1. The van der Waals surface area contributed by atoms with Crippen LogP contribution in [0.15, 0.2) is 66.9 Å². The third-order valence-electron chi connectivity index (χ3n) is 5.41. The van der Waals surface area contributed by atoms with Gasteiger partial charge < -0.3 is 4.57 Å². The second-order valence-corrected chi connectivity index (χ2v) is 7.03. The third-order valence-corrected chi connectivity index (χ3v) is 5.41. The zero-order valence-corrected chi connectivity index (χ0v) is 15.2. The number of fused-ring (bicyclic) bond motifs is 1. The summed E-state index contributed by atoms with van der Waals surface area (Å²) < 4.78 is 15.8. The van der Waals surface area contributed by atoms with Crippen molar-refractivity contribution in [2.24, 2.45) is 0 Å². The van der Waals surface area contributed by atoms with Crippen LogP contribution in [0.4, 0.5) is 4.39 Å². The van der Waals surface area contributed by atoms with E-state index in [4.69, 9.17) is 0 Å². The quantitative estimate of drug-likeness (QED) is 0.630. The summed E-state index contributed by atoms with van der Waals surface area (Å²) in [5.74, 6) is -0.180. The highest BCUT2D eigenvalue weighted by Crippen LogP contribution is 2.33. The summed E-state index contributed by atoms with van der Waals surface area (Å²) in [6, 6.07) is 20.2. The smallest absolute Gasteiger partial charge is 0.123 e. The Balaban J connectivity index is 1.74. The predicted octanol–water partition coefficient (Wildman–Crippen LogP) is 5.18. The Labute approximate surface area is 154 Å². The van der Waals surface area contributed by atoms with Crippen LogP contribution in [0.25, 0.3) is 0 Å². The minimum atomic E-state index is -0.180. The van der Waals surface area contributed by atoms with E-state index in [9.17, 15) is 4.39 Å². The molecule has 0 saturated carbocycles. The molecule has 0 saturated heterocycles. The molecule has 0 fully saturated rings. The number of benzene rings is 2. The Kier molecular flexibility index (Phi) is 4.89. The molecular formula is C23H25FN2. The van der Waals surface area contributed by atoms with Gasteiger partial charge in [-0.3, -0.25) is 4.90 Å². The minimum Gasteiger partial charge on any atom is -0.350 e. The van der Waals surface area contributed by atoms with E-state index >= 15 is 0 Å². The summed E-state index contributed by atoms with van der Waals surface area (Å²) in [6.45, 7) is 5.19. The van der Waals surface area contributed by atoms with Crippen molar-refractivity contribution in [3.8, 4) is 0 Å². The molecule has 0 amide bonds. The van der Waals surface area contributed by atoms with Crippen LogP contribution in [0.3, 0.4) is 0 Å². The van der Waals surface area contributed by atoms with Gasteiger partial charge in [-0.2, -0.15) is 0 Å². The number of aromatic nitrogens is 1. The van der Waals surface area contributed by atoms with Crippen LogP contribution in [-0.4, -0.2) is 16.0 Å². The Bertz CT molecular complexity index is 866. The topological polar surface area (TPSA) is 8.17 Å². The third kappa shape index (κ3) is 3.32. The van der Waals surface area contributed by atoms with Crippen molar-refractivity contribution in [1.29, 1.82) is 0 Å². The molecule has 134 valence electrons. The maximum Gasteiger partial charge on any atom is 0.123 e. The molecular weight excluding hydrogens is 323 g/mol. The molecule has 0 radical (unpaired) electrons. The van der Waals surface area contributed by atoms with Crippen LogP contribution in [-0.2, 0) is 19.5 Å². The molecule has 1 atom stereocenters. The molecule has 3 heteroatoms. The minimum absolute atomic E-state index is 0.151. The molecule has 1 aliphatic heterocycles. The molecule has 2 heterocycles. The molecule has 2 aromatic carbocycles. The molecule has 2 nitrogen and oxygen atoms in total. The summed E-state index contributed by atoms with van der Waals surface area (Å²) >= 11 is 0. The van der Waals surface area contributed by atoms with Gasteiger partial charge in [-0.15, -0.1) is 0 Å². The Morgan fingerprint density at radius 2 is 1.69 bits per heavy atom.